The van der Waals surface area contributed by atoms with Crippen molar-refractivity contribution in [2.75, 3.05) is 13.1 Å². The Bertz CT molecular complexity index is 310. The zero-order valence-electron chi connectivity index (χ0n) is 9.07. The second-order valence-electron chi connectivity index (χ2n) is 3.85. The molecule has 0 radical (unpaired) electrons. The van der Waals surface area contributed by atoms with Crippen LogP contribution in [0.1, 0.15) is 17.7 Å². The number of thiophene rings is 1. The van der Waals surface area contributed by atoms with Gasteiger partial charge >= 0.3 is 0 Å². The maximum atomic E-state index is 11.7. The summed E-state index contributed by atoms with van der Waals surface area (Å²) >= 11 is 1.64. The summed E-state index contributed by atoms with van der Waals surface area (Å²) < 4.78 is 0. The minimum Gasteiger partial charge on any atom is -0.353 e. The third-order valence-corrected chi connectivity index (χ3v) is 3.50. The molecule has 0 atom stereocenters. The van der Waals surface area contributed by atoms with E-state index in [9.17, 15) is 4.79 Å². The number of hydrogen-bond donors (Lipinski definition) is 2. The summed E-state index contributed by atoms with van der Waals surface area (Å²) in [5.41, 5.74) is 0. The number of hydrogen-bond acceptors (Lipinski definition) is 3. The Labute approximate surface area is 106 Å². The fourth-order valence-corrected chi connectivity index (χ4v) is 2.52. The van der Waals surface area contributed by atoms with E-state index in [1.165, 1.54) is 0 Å². The smallest absolute Gasteiger partial charge is 0.225 e. The van der Waals surface area contributed by atoms with Crippen LogP contribution in [-0.4, -0.2) is 25.0 Å². The molecular weight excluding hydrogens is 244 g/mol. The Kier molecular flexibility index (Phi) is 5.80. The van der Waals surface area contributed by atoms with E-state index in [0.29, 0.717) is 12.5 Å². The van der Waals surface area contributed by atoms with Gasteiger partial charge in [0.05, 0.1) is 6.42 Å². The molecule has 1 aliphatic rings. The van der Waals surface area contributed by atoms with Crippen molar-refractivity contribution in [2.24, 2.45) is 0 Å². The van der Waals surface area contributed by atoms with Crippen LogP contribution in [0, 0.1) is 0 Å². The monoisotopic (exact) mass is 260 g/mol. The summed E-state index contributed by atoms with van der Waals surface area (Å²) in [4.78, 5) is 12.8. The molecule has 16 heavy (non-hydrogen) atoms. The molecule has 1 fully saturated rings. The first-order chi connectivity index (χ1) is 7.34. The zero-order chi connectivity index (χ0) is 10.5. The SMILES string of the molecule is Cl.O=C(Cc1cccs1)NC1CCNCC1. The Balaban J connectivity index is 0.00000128. The minimum atomic E-state index is 0. The third-order valence-electron chi connectivity index (χ3n) is 2.62. The maximum absolute atomic E-state index is 11.7. The van der Waals surface area contributed by atoms with E-state index in [1.54, 1.807) is 11.3 Å². The molecule has 0 aliphatic carbocycles. The van der Waals surface area contributed by atoms with Gasteiger partial charge in [0.15, 0.2) is 0 Å². The van der Waals surface area contributed by atoms with E-state index in [0.717, 1.165) is 30.8 Å². The van der Waals surface area contributed by atoms with Crippen molar-refractivity contribution in [2.45, 2.75) is 25.3 Å². The van der Waals surface area contributed by atoms with Crippen LogP contribution in [0.15, 0.2) is 17.5 Å². The molecule has 0 spiro atoms. The Morgan fingerprint density at radius 3 is 2.88 bits per heavy atom. The molecule has 2 heterocycles. The number of piperidine rings is 1. The number of halogens is 1. The molecule has 0 unspecified atom stereocenters. The third kappa shape index (κ3) is 4.12. The van der Waals surface area contributed by atoms with Gasteiger partial charge in [0, 0.05) is 10.9 Å². The van der Waals surface area contributed by atoms with Crippen molar-refractivity contribution < 1.29 is 4.79 Å². The number of carbonyl (C=O) groups excluding carboxylic acids is 1. The van der Waals surface area contributed by atoms with Crippen LogP contribution in [0.3, 0.4) is 0 Å². The summed E-state index contributed by atoms with van der Waals surface area (Å²) in [5.74, 6) is 0.157. The molecular formula is C11H17ClN2OS. The highest BCUT2D eigenvalue weighted by atomic mass is 35.5. The first-order valence-electron chi connectivity index (χ1n) is 5.37. The van der Waals surface area contributed by atoms with Gasteiger partial charge in [-0.05, 0) is 37.4 Å². The fraction of sp³-hybridized carbons (Fsp3) is 0.545. The molecule has 3 nitrogen and oxygen atoms in total. The van der Waals surface area contributed by atoms with Gasteiger partial charge in [0.2, 0.25) is 5.91 Å². The largest absolute Gasteiger partial charge is 0.353 e. The molecule has 0 saturated carbocycles. The molecule has 2 rings (SSSR count). The second kappa shape index (κ2) is 6.89. The van der Waals surface area contributed by atoms with E-state index in [1.807, 2.05) is 17.5 Å². The molecule has 1 amide bonds. The predicted octanol–water partition coefficient (Wildman–Crippen LogP) is 1.58. The standard InChI is InChI=1S/C11H16N2OS.ClH/c14-11(8-10-2-1-7-15-10)13-9-3-5-12-6-4-9;/h1-2,7,9,12H,3-6,8H2,(H,13,14);1H. The van der Waals surface area contributed by atoms with Crippen LogP contribution in [-0.2, 0) is 11.2 Å². The first-order valence-corrected chi connectivity index (χ1v) is 6.25. The van der Waals surface area contributed by atoms with Gasteiger partial charge in [-0.2, -0.15) is 0 Å². The van der Waals surface area contributed by atoms with E-state index in [2.05, 4.69) is 10.6 Å². The number of carbonyl (C=O) groups is 1. The van der Waals surface area contributed by atoms with Crippen LogP contribution < -0.4 is 10.6 Å². The summed E-state index contributed by atoms with van der Waals surface area (Å²) in [5, 5.41) is 8.38. The highest BCUT2D eigenvalue weighted by Crippen LogP contribution is 2.09. The molecule has 90 valence electrons. The lowest BCUT2D eigenvalue weighted by Crippen LogP contribution is -2.43. The van der Waals surface area contributed by atoms with Crippen LogP contribution in [0.4, 0.5) is 0 Å². The van der Waals surface area contributed by atoms with E-state index in [-0.39, 0.29) is 18.3 Å². The van der Waals surface area contributed by atoms with Crippen molar-refractivity contribution >= 4 is 29.7 Å². The highest BCUT2D eigenvalue weighted by Gasteiger charge is 2.15. The van der Waals surface area contributed by atoms with E-state index < -0.39 is 0 Å². The Morgan fingerprint density at radius 2 is 2.25 bits per heavy atom. The van der Waals surface area contributed by atoms with Crippen molar-refractivity contribution in [3.8, 4) is 0 Å². The van der Waals surface area contributed by atoms with E-state index >= 15 is 0 Å². The van der Waals surface area contributed by atoms with Gasteiger partial charge in [0.25, 0.3) is 0 Å². The molecule has 0 aromatic carbocycles. The Morgan fingerprint density at radius 1 is 1.50 bits per heavy atom. The number of nitrogens with one attached hydrogen (secondary N) is 2. The van der Waals surface area contributed by atoms with Crippen molar-refractivity contribution in [3.05, 3.63) is 22.4 Å². The van der Waals surface area contributed by atoms with Crippen LogP contribution >= 0.6 is 23.7 Å². The second-order valence-corrected chi connectivity index (χ2v) is 4.88. The fourth-order valence-electron chi connectivity index (χ4n) is 1.82. The lowest BCUT2D eigenvalue weighted by Gasteiger charge is -2.23. The molecule has 1 aliphatic heterocycles. The van der Waals surface area contributed by atoms with Gasteiger partial charge in [-0.25, -0.2) is 0 Å². The maximum Gasteiger partial charge on any atom is 0.225 e. The molecule has 1 aromatic heterocycles. The lowest BCUT2D eigenvalue weighted by molar-refractivity contribution is -0.121. The molecule has 1 saturated heterocycles. The number of rotatable bonds is 3. The first kappa shape index (κ1) is 13.5. The molecule has 1 aromatic rings. The summed E-state index contributed by atoms with van der Waals surface area (Å²) in [6.07, 6.45) is 2.63. The van der Waals surface area contributed by atoms with Crippen molar-refractivity contribution in [1.82, 2.24) is 10.6 Å². The summed E-state index contributed by atoms with van der Waals surface area (Å²) in [7, 11) is 0. The number of amides is 1. The molecule has 2 N–H and O–H groups in total. The van der Waals surface area contributed by atoms with Crippen LogP contribution in [0.2, 0.25) is 0 Å². The van der Waals surface area contributed by atoms with Crippen LogP contribution in [0.5, 0.6) is 0 Å². The van der Waals surface area contributed by atoms with E-state index in [4.69, 9.17) is 0 Å². The predicted molar refractivity (Wildman–Crippen MR) is 69.3 cm³/mol. The van der Waals surface area contributed by atoms with Gasteiger partial charge in [-0.1, -0.05) is 6.07 Å². The van der Waals surface area contributed by atoms with Gasteiger partial charge < -0.3 is 10.6 Å². The summed E-state index contributed by atoms with van der Waals surface area (Å²) in [6, 6.07) is 4.36. The molecule has 0 bridgehead atoms. The lowest BCUT2D eigenvalue weighted by atomic mass is 10.1. The van der Waals surface area contributed by atoms with Gasteiger partial charge in [-0.15, -0.1) is 23.7 Å². The van der Waals surface area contributed by atoms with Crippen molar-refractivity contribution in [1.29, 1.82) is 0 Å². The van der Waals surface area contributed by atoms with Gasteiger partial charge in [0.1, 0.15) is 0 Å². The minimum absolute atomic E-state index is 0. The van der Waals surface area contributed by atoms with Crippen LogP contribution in [0.25, 0.3) is 0 Å². The summed E-state index contributed by atoms with van der Waals surface area (Å²) in [6.45, 7) is 2.04. The quantitative estimate of drug-likeness (QED) is 0.867. The van der Waals surface area contributed by atoms with Crippen molar-refractivity contribution in [3.63, 3.8) is 0 Å². The zero-order valence-corrected chi connectivity index (χ0v) is 10.7. The molecule has 5 heteroatoms. The van der Waals surface area contributed by atoms with Gasteiger partial charge in [-0.3, -0.25) is 4.79 Å². The average Bonchev–Trinajstić information content (AvgIpc) is 2.71. The highest BCUT2D eigenvalue weighted by molar-refractivity contribution is 7.10. The normalized spacial score (nSPS) is 16.5. The topological polar surface area (TPSA) is 41.1 Å². The average molecular weight is 261 g/mol. The Hall–Kier alpha value is -0.580.